The number of esters is 1. The molecule has 1 rings (SSSR count). The number of carbonyl (C=O) groups excluding carboxylic acids is 2. The number of hydrogen-bond acceptors (Lipinski definition) is 4. The van der Waals surface area contributed by atoms with Crippen molar-refractivity contribution in [2.45, 2.75) is 46.3 Å². The van der Waals surface area contributed by atoms with Gasteiger partial charge in [-0.05, 0) is 46.8 Å². The highest BCUT2D eigenvalue weighted by Crippen LogP contribution is 2.15. The number of hydrogen-bond donors (Lipinski definition) is 1. The lowest BCUT2D eigenvalue weighted by molar-refractivity contribution is -0.156. The molecule has 0 saturated carbocycles. The Morgan fingerprint density at radius 2 is 1.94 bits per heavy atom. The first-order valence-electron chi connectivity index (χ1n) is 5.79. The van der Waals surface area contributed by atoms with Gasteiger partial charge in [0.2, 0.25) is 0 Å². The van der Waals surface area contributed by atoms with Crippen LogP contribution in [0.3, 0.4) is 0 Å². The van der Waals surface area contributed by atoms with E-state index in [-0.39, 0.29) is 5.91 Å². The Balaban J connectivity index is 2.57. The molecule has 1 aromatic heterocycles. The molecule has 1 aromatic rings. The van der Waals surface area contributed by atoms with Crippen LogP contribution in [0.5, 0.6) is 0 Å². The predicted octanol–water partition coefficient (Wildman–Crippen LogP) is 2.52. The molecule has 1 atom stereocenters. The first-order valence-corrected chi connectivity index (χ1v) is 6.61. The molecular weight excluding hydrogens is 250 g/mol. The monoisotopic (exact) mass is 269 g/mol. The van der Waals surface area contributed by atoms with Gasteiger partial charge in [0.05, 0.1) is 4.88 Å². The van der Waals surface area contributed by atoms with Gasteiger partial charge in [-0.2, -0.15) is 0 Å². The molecule has 1 amide bonds. The molecular formula is C13H19NO3S. The van der Waals surface area contributed by atoms with Crippen LogP contribution in [0.25, 0.3) is 0 Å². The molecule has 18 heavy (non-hydrogen) atoms. The summed E-state index contributed by atoms with van der Waals surface area (Å²) in [5, 5.41) is 2.63. The average Bonchev–Trinajstić information content (AvgIpc) is 2.62. The Bertz CT molecular complexity index is 445. The maximum Gasteiger partial charge on any atom is 0.328 e. The highest BCUT2D eigenvalue weighted by Gasteiger charge is 2.23. The van der Waals surface area contributed by atoms with Crippen LogP contribution in [-0.4, -0.2) is 23.5 Å². The van der Waals surface area contributed by atoms with Gasteiger partial charge in [0.15, 0.2) is 0 Å². The number of aryl methyl sites for hydroxylation is 1. The lowest BCUT2D eigenvalue weighted by Gasteiger charge is -2.22. The fraction of sp³-hybridized carbons (Fsp3) is 0.538. The Kier molecular flexibility index (Phi) is 4.51. The minimum atomic E-state index is -0.654. The van der Waals surface area contributed by atoms with Crippen molar-refractivity contribution in [1.82, 2.24) is 5.32 Å². The molecule has 0 bridgehead atoms. The molecule has 0 aliphatic heterocycles. The summed E-state index contributed by atoms with van der Waals surface area (Å²) in [5.74, 6) is -0.671. The van der Waals surface area contributed by atoms with Crippen molar-refractivity contribution in [1.29, 1.82) is 0 Å². The van der Waals surface area contributed by atoms with Gasteiger partial charge in [0.1, 0.15) is 11.6 Å². The summed E-state index contributed by atoms with van der Waals surface area (Å²) >= 11 is 1.40. The van der Waals surface area contributed by atoms with E-state index < -0.39 is 17.6 Å². The van der Waals surface area contributed by atoms with Crippen LogP contribution in [0.4, 0.5) is 0 Å². The summed E-state index contributed by atoms with van der Waals surface area (Å²) in [7, 11) is 0. The Morgan fingerprint density at radius 3 is 2.39 bits per heavy atom. The van der Waals surface area contributed by atoms with E-state index in [1.165, 1.54) is 11.3 Å². The molecule has 100 valence electrons. The summed E-state index contributed by atoms with van der Waals surface area (Å²) in [6.45, 7) is 8.93. The second kappa shape index (κ2) is 5.52. The number of ether oxygens (including phenoxy) is 1. The fourth-order valence-electron chi connectivity index (χ4n) is 1.27. The highest BCUT2D eigenvalue weighted by molar-refractivity contribution is 7.13. The molecule has 0 unspecified atom stereocenters. The molecule has 5 heteroatoms. The quantitative estimate of drug-likeness (QED) is 0.858. The molecule has 0 saturated heterocycles. The SMILES string of the molecule is Cc1ccc(C(=O)N[C@H](C)C(=O)OC(C)(C)C)s1. The molecule has 0 aliphatic rings. The number of thiophene rings is 1. The lowest BCUT2D eigenvalue weighted by atomic mass is 10.2. The normalized spacial score (nSPS) is 12.9. The first kappa shape index (κ1) is 14.7. The third kappa shape index (κ3) is 4.49. The van der Waals surface area contributed by atoms with Crippen LogP contribution < -0.4 is 5.32 Å². The molecule has 4 nitrogen and oxygen atoms in total. The van der Waals surface area contributed by atoms with E-state index in [1.807, 2.05) is 13.0 Å². The second-order valence-corrected chi connectivity index (χ2v) is 6.43. The fourth-order valence-corrected chi connectivity index (χ4v) is 2.04. The Labute approximate surface area is 111 Å². The van der Waals surface area contributed by atoms with Crippen molar-refractivity contribution < 1.29 is 14.3 Å². The van der Waals surface area contributed by atoms with Gasteiger partial charge in [-0.15, -0.1) is 11.3 Å². The van der Waals surface area contributed by atoms with Crippen LogP contribution in [0.2, 0.25) is 0 Å². The van der Waals surface area contributed by atoms with Gasteiger partial charge >= 0.3 is 5.97 Å². The van der Waals surface area contributed by atoms with Crippen molar-refractivity contribution in [2.24, 2.45) is 0 Å². The van der Waals surface area contributed by atoms with Crippen LogP contribution in [0.15, 0.2) is 12.1 Å². The predicted molar refractivity (Wildman–Crippen MR) is 71.8 cm³/mol. The van der Waals surface area contributed by atoms with E-state index in [0.717, 1.165) is 4.88 Å². The Morgan fingerprint density at radius 1 is 1.33 bits per heavy atom. The van der Waals surface area contributed by atoms with Gasteiger partial charge in [-0.1, -0.05) is 0 Å². The van der Waals surface area contributed by atoms with E-state index in [4.69, 9.17) is 4.74 Å². The largest absolute Gasteiger partial charge is 0.458 e. The van der Waals surface area contributed by atoms with E-state index in [2.05, 4.69) is 5.32 Å². The smallest absolute Gasteiger partial charge is 0.328 e. The van der Waals surface area contributed by atoms with Gasteiger partial charge < -0.3 is 10.1 Å². The van der Waals surface area contributed by atoms with Crippen molar-refractivity contribution in [2.75, 3.05) is 0 Å². The molecule has 0 aromatic carbocycles. The first-order chi connectivity index (χ1) is 8.19. The Hall–Kier alpha value is -1.36. The zero-order chi connectivity index (χ0) is 13.9. The van der Waals surface area contributed by atoms with Crippen LogP contribution in [-0.2, 0) is 9.53 Å². The lowest BCUT2D eigenvalue weighted by Crippen LogP contribution is -2.42. The number of carbonyl (C=O) groups is 2. The van der Waals surface area contributed by atoms with Crippen LogP contribution in [0, 0.1) is 6.92 Å². The van der Waals surface area contributed by atoms with Crippen molar-refractivity contribution in [3.8, 4) is 0 Å². The minimum absolute atomic E-state index is 0.244. The van der Waals surface area contributed by atoms with Gasteiger partial charge in [0.25, 0.3) is 5.91 Å². The van der Waals surface area contributed by atoms with Gasteiger partial charge in [-0.3, -0.25) is 4.79 Å². The van der Waals surface area contributed by atoms with E-state index >= 15 is 0 Å². The molecule has 0 fully saturated rings. The van der Waals surface area contributed by atoms with E-state index in [0.29, 0.717) is 4.88 Å². The number of nitrogens with one attached hydrogen (secondary N) is 1. The topological polar surface area (TPSA) is 55.4 Å². The average molecular weight is 269 g/mol. The number of amides is 1. The van der Waals surface area contributed by atoms with E-state index in [1.54, 1.807) is 33.8 Å². The standard InChI is InChI=1S/C13H19NO3S/c1-8-6-7-10(18-8)11(15)14-9(2)12(16)17-13(3,4)5/h6-7,9H,1-5H3,(H,14,15)/t9-/m1/s1. The van der Waals surface area contributed by atoms with E-state index in [9.17, 15) is 9.59 Å². The maximum absolute atomic E-state index is 11.8. The van der Waals surface area contributed by atoms with Crippen molar-refractivity contribution >= 4 is 23.2 Å². The molecule has 0 radical (unpaired) electrons. The van der Waals surface area contributed by atoms with Crippen molar-refractivity contribution in [3.05, 3.63) is 21.9 Å². The summed E-state index contributed by atoms with van der Waals surface area (Å²) in [6, 6.07) is 2.97. The summed E-state index contributed by atoms with van der Waals surface area (Å²) in [4.78, 5) is 25.2. The third-order valence-electron chi connectivity index (χ3n) is 2.07. The van der Waals surface area contributed by atoms with Crippen molar-refractivity contribution in [3.63, 3.8) is 0 Å². The summed E-state index contributed by atoms with van der Waals surface area (Å²) in [6.07, 6.45) is 0. The van der Waals surface area contributed by atoms with Crippen LogP contribution >= 0.6 is 11.3 Å². The molecule has 0 spiro atoms. The zero-order valence-corrected chi connectivity index (χ0v) is 12.2. The zero-order valence-electron chi connectivity index (χ0n) is 11.4. The minimum Gasteiger partial charge on any atom is -0.458 e. The summed E-state index contributed by atoms with van der Waals surface area (Å²) in [5.41, 5.74) is -0.546. The van der Waals surface area contributed by atoms with Crippen LogP contribution in [0.1, 0.15) is 42.2 Å². The highest BCUT2D eigenvalue weighted by atomic mass is 32.1. The van der Waals surface area contributed by atoms with Gasteiger partial charge in [0, 0.05) is 4.88 Å². The maximum atomic E-state index is 11.8. The summed E-state index contributed by atoms with van der Waals surface area (Å²) < 4.78 is 5.19. The molecule has 0 aliphatic carbocycles. The molecule has 1 heterocycles. The molecule has 1 N–H and O–H groups in total. The van der Waals surface area contributed by atoms with Gasteiger partial charge in [-0.25, -0.2) is 4.79 Å². The third-order valence-corrected chi connectivity index (χ3v) is 3.07. The number of rotatable bonds is 3. The second-order valence-electron chi connectivity index (χ2n) is 5.14.